The molecule has 4 aromatic rings. The second-order valence-corrected chi connectivity index (χ2v) is 10.3. The van der Waals surface area contributed by atoms with Crippen LogP contribution in [0, 0.1) is 0 Å². The Bertz CT molecular complexity index is 1300. The van der Waals surface area contributed by atoms with Crippen molar-refractivity contribution in [3.63, 3.8) is 0 Å². The van der Waals surface area contributed by atoms with Crippen molar-refractivity contribution in [2.24, 2.45) is 0 Å². The van der Waals surface area contributed by atoms with Crippen LogP contribution in [0.25, 0.3) is 5.65 Å². The minimum Gasteiger partial charge on any atom is -0.508 e. The average Bonchev–Trinajstić information content (AvgIpc) is 3.23. The third kappa shape index (κ3) is 4.78. The number of anilines is 1. The zero-order valence-electron chi connectivity index (χ0n) is 17.8. The third-order valence-electron chi connectivity index (χ3n) is 5.70. The molecule has 8 nitrogen and oxygen atoms in total. The molecule has 5 rings (SSSR count). The predicted molar refractivity (Wildman–Crippen MR) is 130 cm³/mol. The molecule has 0 spiro atoms. The summed E-state index contributed by atoms with van der Waals surface area (Å²) in [5, 5.41) is 17.7. The number of phenols is 1. The number of phenolic OH excluding ortho intramolecular Hbond substituents is 1. The van der Waals surface area contributed by atoms with Gasteiger partial charge in [-0.2, -0.15) is 9.61 Å². The fraction of sp³-hybridized carbons (Fsp3) is 0.261. The molecule has 2 unspecified atom stereocenters. The van der Waals surface area contributed by atoms with E-state index in [-0.39, 0.29) is 11.7 Å². The first-order valence-electron chi connectivity index (χ1n) is 10.7. The molecule has 0 aliphatic carbocycles. The molecule has 1 fully saturated rings. The van der Waals surface area contributed by atoms with Crippen LogP contribution in [0.3, 0.4) is 0 Å². The van der Waals surface area contributed by atoms with Crippen molar-refractivity contribution in [3.8, 4) is 5.75 Å². The largest absolute Gasteiger partial charge is 0.508 e. The molecular weight excluding hydrogens is 504 g/mol. The first kappa shape index (κ1) is 22.0. The van der Waals surface area contributed by atoms with Gasteiger partial charge in [0.05, 0.1) is 21.3 Å². The zero-order chi connectivity index (χ0) is 22.8. The number of hydrogen-bond acceptors (Lipinski definition) is 6. The number of pyridine rings is 1. The van der Waals surface area contributed by atoms with E-state index in [1.807, 2.05) is 28.7 Å². The molecule has 4 heterocycles. The Morgan fingerprint density at radius 3 is 2.94 bits per heavy atom. The number of nitrogens with zero attached hydrogens (tertiary/aromatic N) is 5. The van der Waals surface area contributed by atoms with Gasteiger partial charge in [-0.15, -0.1) is 0 Å². The Kier molecular flexibility index (Phi) is 6.39. The molecule has 0 radical (unpaired) electrons. The van der Waals surface area contributed by atoms with E-state index in [1.54, 1.807) is 41.2 Å². The topological polar surface area (TPSA) is 95.7 Å². The van der Waals surface area contributed by atoms with Gasteiger partial charge in [-0.3, -0.25) is 4.98 Å². The lowest BCUT2D eigenvalue weighted by atomic mass is 9.96. The fourth-order valence-corrected chi connectivity index (χ4v) is 5.73. The van der Waals surface area contributed by atoms with Gasteiger partial charge in [-0.05, 0) is 58.6 Å². The SMILES string of the molecule is O=S(c1cccc(O)c1)N1CCCC(c2cc(NCc3cccnc3)n3ncc(Br)c3n2)C1. The van der Waals surface area contributed by atoms with Crippen LogP contribution in [-0.2, 0) is 17.5 Å². The van der Waals surface area contributed by atoms with Crippen LogP contribution in [0.2, 0.25) is 0 Å². The van der Waals surface area contributed by atoms with Gasteiger partial charge in [0.25, 0.3) is 0 Å². The molecule has 1 saturated heterocycles. The number of benzene rings is 1. The number of halogens is 1. The molecule has 1 aliphatic rings. The minimum absolute atomic E-state index is 0.122. The summed E-state index contributed by atoms with van der Waals surface area (Å²) in [6.07, 6.45) is 7.21. The van der Waals surface area contributed by atoms with E-state index in [1.165, 1.54) is 0 Å². The minimum atomic E-state index is -1.34. The number of piperidine rings is 1. The lowest BCUT2D eigenvalue weighted by molar-refractivity contribution is 0.327. The summed E-state index contributed by atoms with van der Waals surface area (Å²) < 4.78 is 17.7. The highest BCUT2D eigenvalue weighted by atomic mass is 79.9. The van der Waals surface area contributed by atoms with E-state index in [0.717, 1.165) is 46.6 Å². The van der Waals surface area contributed by atoms with Gasteiger partial charge in [-0.1, -0.05) is 12.1 Å². The quantitative estimate of drug-likeness (QED) is 0.392. The maximum atomic E-state index is 13.1. The lowest BCUT2D eigenvalue weighted by Gasteiger charge is -2.31. The molecule has 0 saturated carbocycles. The predicted octanol–water partition coefficient (Wildman–Crippen LogP) is 4.11. The van der Waals surface area contributed by atoms with Crippen LogP contribution in [0.1, 0.15) is 30.0 Å². The summed E-state index contributed by atoms with van der Waals surface area (Å²) in [5.74, 6) is 1.10. The number of aromatic hydroxyl groups is 1. The van der Waals surface area contributed by atoms with E-state index in [2.05, 4.69) is 31.3 Å². The summed E-state index contributed by atoms with van der Waals surface area (Å²) in [4.78, 5) is 9.68. The molecule has 2 atom stereocenters. The van der Waals surface area contributed by atoms with E-state index in [9.17, 15) is 9.32 Å². The molecular formula is C23H23BrN6O2S. The van der Waals surface area contributed by atoms with Gasteiger partial charge in [0.15, 0.2) is 5.65 Å². The highest BCUT2D eigenvalue weighted by Gasteiger charge is 2.28. The van der Waals surface area contributed by atoms with Crippen LogP contribution in [0.4, 0.5) is 5.82 Å². The van der Waals surface area contributed by atoms with Gasteiger partial charge >= 0.3 is 0 Å². The van der Waals surface area contributed by atoms with Crippen molar-refractivity contribution in [1.82, 2.24) is 23.9 Å². The molecule has 33 heavy (non-hydrogen) atoms. The fourth-order valence-electron chi connectivity index (χ4n) is 4.06. The number of fused-ring (bicyclic) bond motifs is 1. The average molecular weight is 527 g/mol. The van der Waals surface area contributed by atoms with Crippen LogP contribution >= 0.6 is 15.9 Å². The zero-order valence-corrected chi connectivity index (χ0v) is 20.2. The van der Waals surface area contributed by atoms with Crippen LogP contribution in [0.15, 0.2) is 70.4 Å². The summed E-state index contributed by atoms with van der Waals surface area (Å²) in [5.41, 5.74) is 2.75. The van der Waals surface area contributed by atoms with E-state index in [4.69, 9.17) is 4.98 Å². The summed E-state index contributed by atoms with van der Waals surface area (Å²) in [7, 11) is -1.34. The van der Waals surface area contributed by atoms with E-state index < -0.39 is 11.0 Å². The van der Waals surface area contributed by atoms with Crippen molar-refractivity contribution >= 4 is 38.4 Å². The number of aromatic nitrogens is 4. The molecule has 2 N–H and O–H groups in total. The van der Waals surface area contributed by atoms with Crippen molar-refractivity contribution in [3.05, 3.63) is 76.8 Å². The lowest BCUT2D eigenvalue weighted by Crippen LogP contribution is -2.36. The summed E-state index contributed by atoms with van der Waals surface area (Å²) in [6, 6.07) is 12.6. The van der Waals surface area contributed by atoms with Crippen LogP contribution < -0.4 is 5.32 Å². The number of hydrogen-bond donors (Lipinski definition) is 2. The molecule has 3 aromatic heterocycles. The maximum absolute atomic E-state index is 13.1. The third-order valence-corrected chi connectivity index (χ3v) is 7.72. The summed E-state index contributed by atoms with van der Waals surface area (Å²) >= 11 is 3.56. The van der Waals surface area contributed by atoms with Crippen molar-refractivity contribution < 1.29 is 9.32 Å². The Hall–Kier alpha value is -2.82. The van der Waals surface area contributed by atoms with Crippen molar-refractivity contribution in [1.29, 1.82) is 0 Å². The van der Waals surface area contributed by atoms with Crippen LogP contribution in [-0.4, -0.2) is 46.3 Å². The Labute approximate surface area is 202 Å². The van der Waals surface area contributed by atoms with E-state index in [0.29, 0.717) is 18.0 Å². The van der Waals surface area contributed by atoms with Gasteiger partial charge < -0.3 is 10.4 Å². The second-order valence-electron chi connectivity index (χ2n) is 7.98. The van der Waals surface area contributed by atoms with Gasteiger partial charge in [-0.25, -0.2) is 13.5 Å². The molecule has 1 aliphatic heterocycles. The first-order chi connectivity index (χ1) is 16.1. The van der Waals surface area contributed by atoms with Crippen LogP contribution in [0.5, 0.6) is 5.75 Å². The van der Waals surface area contributed by atoms with Crippen molar-refractivity contribution in [2.45, 2.75) is 30.2 Å². The Morgan fingerprint density at radius 2 is 2.12 bits per heavy atom. The number of nitrogens with one attached hydrogen (secondary N) is 1. The molecule has 170 valence electrons. The second kappa shape index (κ2) is 9.58. The first-order valence-corrected chi connectivity index (χ1v) is 12.6. The van der Waals surface area contributed by atoms with Gasteiger partial charge in [0.2, 0.25) is 0 Å². The summed E-state index contributed by atoms with van der Waals surface area (Å²) in [6.45, 7) is 1.98. The van der Waals surface area contributed by atoms with Gasteiger partial charge in [0.1, 0.15) is 22.6 Å². The molecule has 0 bridgehead atoms. The highest BCUT2D eigenvalue weighted by Crippen LogP contribution is 2.31. The Balaban J connectivity index is 1.41. The highest BCUT2D eigenvalue weighted by molar-refractivity contribution is 9.10. The maximum Gasteiger partial charge on any atom is 0.171 e. The van der Waals surface area contributed by atoms with Crippen molar-refractivity contribution in [2.75, 3.05) is 18.4 Å². The number of rotatable bonds is 6. The molecule has 0 amide bonds. The monoisotopic (exact) mass is 526 g/mol. The van der Waals surface area contributed by atoms with E-state index >= 15 is 0 Å². The van der Waals surface area contributed by atoms with Gasteiger partial charge in [0, 0.05) is 44.0 Å². The normalized spacial score (nSPS) is 17.8. The molecule has 10 heteroatoms. The molecule has 1 aromatic carbocycles. The smallest absolute Gasteiger partial charge is 0.171 e. The Morgan fingerprint density at radius 1 is 1.21 bits per heavy atom. The standard InChI is InChI=1S/C23H23BrN6O2S/c24-20-14-27-30-22(26-13-16-4-2-8-25-12-16)11-21(28-23(20)30)17-5-3-9-29(15-17)33(32)19-7-1-6-18(31)10-19/h1-2,4,6-8,10-12,14,17,26,31H,3,5,9,13,15H2.